The lowest BCUT2D eigenvalue weighted by Crippen LogP contribution is -2.44. The maximum atomic E-state index is 12.4. The molecule has 2 atom stereocenters. The summed E-state index contributed by atoms with van der Waals surface area (Å²) in [7, 11) is 0. The minimum atomic E-state index is -0.369. The van der Waals surface area contributed by atoms with Crippen LogP contribution in [0.2, 0.25) is 0 Å². The molecular weight excluding hydrogens is 314 g/mol. The summed E-state index contributed by atoms with van der Waals surface area (Å²) in [6.07, 6.45) is 2.99. The van der Waals surface area contributed by atoms with Crippen LogP contribution in [0.25, 0.3) is 0 Å². The summed E-state index contributed by atoms with van der Waals surface area (Å²) in [6.45, 7) is 5.65. The highest BCUT2D eigenvalue weighted by atomic mass is 32.1. The number of thiophene rings is 1. The van der Waals surface area contributed by atoms with E-state index in [0.29, 0.717) is 6.54 Å². The van der Waals surface area contributed by atoms with Gasteiger partial charge in [0.15, 0.2) is 0 Å². The van der Waals surface area contributed by atoms with Gasteiger partial charge in [-0.3, -0.25) is 9.69 Å². The average Bonchev–Trinajstić information content (AvgIpc) is 3.29. The van der Waals surface area contributed by atoms with Crippen LogP contribution in [0.3, 0.4) is 0 Å². The van der Waals surface area contributed by atoms with E-state index in [0.717, 1.165) is 26.3 Å². The van der Waals surface area contributed by atoms with Crippen LogP contribution in [0.15, 0.2) is 30.2 Å². The summed E-state index contributed by atoms with van der Waals surface area (Å²) in [5.74, 6) is -0.0506. The summed E-state index contributed by atoms with van der Waals surface area (Å²) >= 11 is 1.72. The summed E-state index contributed by atoms with van der Waals surface area (Å²) in [4.78, 5) is 19.9. The van der Waals surface area contributed by atoms with E-state index in [-0.39, 0.29) is 18.0 Å². The number of carbonyl (C=O) groups is 1. The molecule has 1 aliphatic rings. The molecule has 0 bridgehead atoms. The number of ether oxygens (including phenoxy) is 1. The van der Waals surface area contributed by atoms with Gasteiger partial charge in [-0.05, 0) is 18.4 Å². The Morgan fingerprint density at radius 1 is 1.48 bits per heavy atom. The third kappa shape index (κ3) is 3.95. The van der Waals surface area contributed by atoms with Gasteiger partial charge in [-0.2, -0.15) is 5.10 Å². The number of nitrogens with one attached hydrogen (secondary N) is 1. The van der Waals surface area contributed by atoms with Crippen molar-refractivity contribution in [2.75, 3.05) is 32.8 Å². The standard InChI is InChI=1S/C15H21N5O2S/c1-12(20-11-16-10-18-20)15(21)17-9-13(14-3-2-8-23-14)19-4-6-22-7-5-19/h2-3,8,10-13H,4-7,9H2,1H3,(H,17,21). The van der Waals surface area contributed by atoms with Crippen molar-refractivity contribution in [3.63, 3.8) is 0 Å². The van der Waals surface area contributed by atoms with Crippen LogP contribution in [0.5, 0.6) is 0 Å². The highest BCUT2D eigenvalue weighted by Crippen LogP contribution is 2.25. The highest BCUT2D eigenvalue weighted by Gasteiger charge is 2.25. The zero-order valence-electron chi connectivity index (χ0n) is 13.1. The van der Waals surface area contributed by atoms with E-state index < -0.39 is 0 Å². The molecule has 2 unspecified atom stereocenters. The number of amides is 1. The van der Waals surface area contributed by atoms with Gasteiger partial charge < -0.3 is 10.1 Å². The molecule has 1 N–H and O–H groups in total. The number of carbonyl (C=O) groups excluding carboxylic acids is 1. The molecule has 1 saturated heterocycles. The van der Waals surface area contributed by atoms with Gasteiger partial charge in [-0.25, -0.2) is 9.67 Å². The second-order valence-electron chi connectivity index (χ2n) is 5.48. The molecule has 0 radical (unpaired) electrons. The molecule has 3 rings (SSSR count). The Morgan fingerprint density at radius 2 is 2.30 bits per heavy atom. The first-order valence-electron chi connectivity index (χ1n) is 7.72. The SMILES string of the molecule is CC(C(=O)NCC(c1cccs1)N1CCOCC1)n1cncn1. The van der Waals surface area contributed by atoms with Gasteiger partial charge in [0.05, 0.1) is 19.3 Å². The molecule has 2 aromatic rings. The lowest BCUT2D eigenvalue weighted by atomic mass is 10.2. The Bertz CT molecular complexity index is 595. The van der Waals surface area contributed by atoms with Gasteiger partial charge in [0, 0.05) is 24.5 Å². The van der Waals surface area contributed by atoms with Crippen molar-refractivity contribution in [3.8, 4) is 0 Å². The Labute approximate surface area is 139 Å². The minimum absolute atomic E-state index is 0.0506. The lowest BCUT2D eigenvalue weighted by molar-refractivity contribution is -0.124. The maximum absolute atomic E-state index is 12.4. The van der Waals surface area contributed by atoms with Crippen LogP contribution in [-0.2, 0) is 9.53 Å². The van der Waals surface area contributed by atoms with E-state index in [2.05, 4.69) is 31.7 Å². The van der Waals surface area contributed by atoms with E-state index in [9.17, 15) is 4.79 Å². The molecule has 1 aliphatic heterocycles. The second kappa shape index (κ2) is 7.67. The summed E-state index contributed by atoms with van der Waals surface area (Å²) < 4.78 is 7.00. The van der Waals surface area contributed by atoms with Gasteiger partial charge in [0.25, 0.3) is 0 Å². The van der Waals surface area contributed by atoms with E-state index in [1.807, 2.05) is 13.0 Å². The van der Waals surface area contributed by atoms with Crippen LogP contribution in [0.1, 0.15) is 23.9 Å². The second-order valence-corrected chi connectivity index (χ2v) is 6.46. The third-order valence-electron chi connectivity index (χ3n) is 4.04. The monoisotopic (exact) mass is 335 g/mol. The molecule has 23 heavy (non-hydrogen) atoms. The van der Waals surface area contributed by atoms with E-state index in [1.54, 1.807) is 22.3 Å². The number of morpholine rings is 1. The fourth-order valence-corrected chi connectivity index (χ4v) is 3.52. The van der Waals surface area contributed by atoms with Crippen LogP contribution in [0, 0.1) is 0 Å². The predicted octanol–water partition coefficient (Wildman–Crippen LogP) is 1.09. The fraction of sp³-hybridized carbons (Fsp3) is 0.533. The van der Waals surface area contributed by atoms with Gasteiger partial charge in [-0.1, -0.05) is 6.07 Å². The Balaban J connectivity index is 1.63. The Morgan fingerprint density at radius 3 is 2.96 bits per heavy atom. The Hall–Kier alpha value is -1.77. The van der Waals surface area contributed by atoms with Gasteiger partial charge in [0.1, 0.15) is 18.7 Å². The number of rotatable bonds is 6. The molecule has 7 nitrogen and oxygen atoms in total. The number of nitrogens with zero attached hydrogens (tertiary/aromatic N) is 4. The van der Waals surface area contributed by atoms with Crippen LogP contribution in [-0.4, -0.2) is 58.4 Å². The summed E-state index contributed by atoms with van der Waals surface area (Å²) in [5.41, 5.74) is 0. The molecule has 0 saturated carbocycles. The van der Waals surface area contributed by atoms with Crippen molar-refractivity contribution in [2.24, 2.45) is 0 Å². The Kier molecular flexibility index (Phi) is 5.37. The van der Waals surface area contributed by atoms with Crippen LogP contribution >= 0.6 is 11.3 Å². The molecule has 2 aromatic heterocycles. The first-order chi connectivity index (χ1) is 11.3. The van der Waals surface area contributed by atoms with Crippen molar-refractivity contribution < 1.29 is 9.53 Å². The van der Waals surface area contributed by atoms with Crippen molar-refractivity contribution in [1.82, 2.24) is 25.0 Å². The first kappa shape index (κ1) is 16.1. The predicted molar refractivity (Wildman–Crippen MR) is 87.2 cm³/mol. The molecule has 124 valence electrons. The molecule has 8 heteroatoms. The van der Waals surface area contributed by atoms with Crippen molar-refractivity contribution in [1.29, 1.82) is 0 Å². The summed E-state index contributed by atoms with van der Waals surface area (Å²) in [6, 6.07) is 3.99. The maximum Gasteiger partial charge on any atom is 0.244 e. The highest BCUT2D eigenvalue weighted by molar-refractivity contribution is 7.10. The molecule has 1 fully saturated rings. The zero-order chi connectivity index (χ0) is 16.1. The topological polar surface area (TPSA) is 72.3 Å². The minimum Gasteiger partial charge on any atom is -0.379 e. The summed E-state index contributed by atoms with van der Waals surface area (Å²) in [5, 5.41) is 9.15. The number of hydrogen-bond acceptors (Lipinski definition) is 6. The average molecular weight is 335 g/mol. The fourth-order valence-electron chi connectivity index (χ4n) is 2.66. The third-order valence-corrected chi connectivity index (χ3v) is 5.01. The van der Waals surface area contributed by atoms with Crippen LogP contribution < -0.4 is 5.32 Å². The zero-order valence-corrected chi connectivity index (χ0v) is 13.9. The molecule has 3 heterocycles. The van der Waals surface area contributed by atoms with Gasteiger partial charge in [0.2, 0.25) is 5.91 Å². The molecule has 0 aromatic carbocycles. The van der Waals surface area contributed by atoms with E-state index in [4.69, 9.17) is 4.74 Å². The lowest BCUT2D eigenvalue weighted by Gasteiger charge is -2.34. The van der Waals surface area contributed by atoms with Crippen molar-refractivity contribution in [3.05, 3.63) is 35.0 Å². The number of hydrogen-bond donors (Lipinski definition) is 1. The van der Waals surface area contributed by atoms with Crippen LogP contribution in [0.4, 0.5) is 0 Å². The quantitative estimate of drug-likeness (QED) is 0.855. The molecule has 0 spiro atoms. The van der Waals surface area contributed by atoms with Gasteiger partial charge in [-0.15, -0.1) is 11.3 Å². The smallest absolute Gasteiger partial charge is 0.244 e. The number of aromatic nitrogens is 3. The molecule has 1 amide bonds. The molecular formula is C15H21N5O2S. The van der Waals surface area contributed by atoms with Gasteiger partial charge >= 0.3 is 0 Å². The largest absolute Gasteiger partial charge is 0.379 e. The normalized spacial score (nSPS) is 18.5. The van der Waals surface area contributed by atoms with E-state index >= 15 is 0 Å². The van der Waals surface area contributed by atoms with Crippen molar-refractivity contribution in [2.45, 2.75) is 19.0 Å². The van der Waals surface area contributed by atoms with E-state index in [1.165, 1.54) is 11.2 Å². The van der Waals surface area contributed by atoms with Crippen molar-refractivity contribution >= 4 is 17.2 Å². The molecule has 0 aliphatic carbocycles. The first-order valence-corrected chi connectivity index (χ1v) is 8.60.